The molecule has 0 aromatic heterocycles. The van der Waals surface area contributed by atoms with E-state index in [1.54, 1.807) is 24.3 Å². The molecular formula is C20H20F2N2O2. The van der Waals surface area contributed by atoms with Crippen LogP contribution in [0.2, 0.25) is 0 Å². The molecule has 1 N–H and O–H groups in total. The van der Waals surface area contributed by atoms with Crippen molar-refractivity contribution < 1.29 is 18.3 Å². The molecule has 1 amide bonds. The van der Waals surface area contributed by atoms with E-state index in [1.165, 1.54) is 12.1 Å². The van der Waals surface area contributed by atoms with Crippen LogP contribution in [0.3, 0.4) is 0 Å². The van der Waals surface area contributed by atoms with Gasteiger partial charge in [0.1, 0.15) is 23.5 Å². The predicted molar refractivity (Wildman–Crippen MR) is 93.5 cm³/mol. The highest BCUT2D eigenvalue weighted by molar-refractivity contribution is 5.81. The van der Waals surface area contributed by atoms with E-state index in [2.05, 4.69) is 5.32 Å². The molecule has 0 aliphatic carbocycles. The SMILES string of the molecule is CC(C)C(Oc1ccccc1C#N)C(=O)NCCc1cc(F)cc(F)c1. The fourth-order valence-corrected chi connectivity index (χ4v) is 2.48. The van der Waals surface area contributed by atoms with Crippen molar-refractivity contribution in [2.45, 2.75) is 26.4 Å². The molecule has 0 radical (unpaired) electrons. The first-order valence-corrected chi connectivity index (χ1v) is 8.29. The van der Waals surface area contributed by atoms with Crippen molar-refractivity contribution in [2.75, 3.05) is 6.54 Å². The zero-order valence-electron chi connectivity index (χ0n) is 14.6. The summed E-state index contributed by atoms with van der Waals surface area (Å²) in [5.74, 6) is -1.43. The Morgan fingerprint density at radius 1 is 1.19 bits per heavy atom. The third kappa shape index (κ3) is 5.28. The van der Waals surface area contributed by atoms with Crippen molar-refractivity contribution in [3.8, 4) is 11.8 Å². The molecule has 0 heterocycles. The number of amides is 1. The maximum atomic E-state index is 13.2. The lowest BCUT2D eigenvalue weighted by Crippen LogP contribution is -2.42. The van der Waals surface area contributed by atoms with E-state index in [0.29, 0.717) is 23.3 Å². The number of nitriles is 1. The summed E-state index contributed by atoms with van der Waals surface area (Å²) in [6.07, 6.45) is -0.492. The molecule has 1 unspecified atom stereocenters. The van der Waals surface area contributed by atoms with Crippen molar-refractivity contribution >= 4 is 5.91 Å². The van der Waals surface area contributed by atoms with Crippen LogP contribution >= 0.6 is 0 Å². The summed E-state index contributed by atoms with van der Waals surface area (Å²) in [6.45, 7) is 3.89. The number of hydrogen-bond donors (Lipinski definition) is 1. The van der Waals surface area contributed by atoms with Crippen LogP contribution in [-0.2, 0) is 11.2 Å². The van der Waals surface area contributed by atoms with Gasteiger partial charge in [0.05, 0.1) is 5.56 Å². The molecule has 0 saturated carbocycles. The molecule has 6 heteroatoms. The van der Waals surface area contributed by atoms with Gasteiger partial charge < -0.3 is 10.1 Å². The van der Waals surface area contributed by atoms with Gasteiger partial charge in [0.25, 0.3) is 5.91 Å². The highest BCUT2D eigenvalue weighted by Gasteiger charge is 2.24. The van der Waals surface area contributed by atoms with Crippen molar-refractivity contribution in [1.29, 1.82) is 5.26 Å². The maximum absolute atomic E-state index is 13.2. The molecule has 0 saturated heterocycles. The summed E-state index contributed by atoms with van der Waals surface area (Å²) in [7, 11) is 0. The first kappa shape index (κ1) is 19.4. The van der Waals surface area contributed by atoms with Gasteiger partial charge >= 0.3 is 0 Å². The Morgan fingerprint density at radius 2 is 1.85 bits per heavy atom. The van der Waals surface area contributed by atoms with Gasteiger partial charge in [-0.05, 0) is 42.2 Å². The minimum atomic E-state index is -0.784. The average Bonchev–Trinajstić information content (AvgIpc) is 2.58. The van der Waals surface area contributed by atoms with Crippen LogP contribution in [0.15, 0.2) is 42.5 Å². The van der Waals surface area contributed by atoms with E-state index < -0.39 is 17.7 Å². The molecule has 4 nitrogen and oxygen atoms in total. The fourth-order valence-electron chi connectivity index (χ4n) is 2.48. The zero-order valence-corrected chi connectivity index (χ0v) is 14.6. The first-order chi connectivity index (χ1) is 12.4. The molecule has 136 valence electrons. The van der Waals surface area contributed by atoms with Gasteiger partial charge in [-0.1, -0.05) is 26.0 Å². The zero-order chi connectivity index (χ0) is 19.1. The topological polar surface area (TPSA) is 62.1 Å². The molecule has 1 atom stereocenters. The van der Waals surface area contributed by atoms with Crippen molar-refractivity contribution in [2.24, 2.45) is 5.92 Å². The molecule has 0 fully saturated rings. The normalized spacial score (nSPS) is 11.7. The van der Waals surface area contributed by atoms with Crippen molar-refractivity contribution in [3.63, 3.8) is 0 Å². The summed E-state index contributed by atoms with van der Waals surface area (Å²) in [6, 6.07) is 12.0. The second kappa shape index (κ2) is 8.95. The number of carbonyl (C=O) groups excluding carboxylic acids is 1. The Bertz CT molecular complexity index is 795. The number of rotatable bonds is 7. The summed E-state index contributed by atoms with van der Waals surface area (Å²) in [5.41, 5.74) is 0.806. The van der Waals surface area contributed by atoms with Crippen LogP contribution in [0, 0.1) is 28.9 Å². The molecule has 0 aliphatic heterocycles. The van der Waals surface area contributed by atoms with Gasteiger partial charge in [-0.15, -0.1) is 0 Å². The van der Waals surface area contributed by atoms with E-state index in [-0.39, 0.29) is 18.4 Å². The van der Waals surface area contributed by atoms with Crippen LogP contribution in [0.4, 0.5) is 8.78 Å². The van der Waals surface area contributed by atoms with Crippen molar-refractivity contribution in [3.05, 3.63) is 65.2 Å². The van der Waals surface area contributed by atoms with E-state index in [4.69, 9.17) is 10.00 Å². The largest absolute Gasteiger partial charge is 0.479 e. The van der Waals surface area contributed by atoms with Crippen LogP contribution < -0.4 is 10.1 Å². The number of halogens is 2. The number of hydrogen-bond acceptors (Lipinski definition) is 3. The Kier molecular flexibility index (Phi) is 6.67. The molecule has 0 bridgehead atoms. The number of ether oxygens (including phenoxy) is 1. The fraction of sp³-hybridized carbons (Fsp3) is 0.300. The van der Waals surface area contributed by atoms with Gasteiger partial charge in [0, 0.05) is 12.6 Å². The lowest BCUT2D eigenvalue weighted by molar-refractivity contribution is -0.129. The molecular weight excluding hydrogens is 338 g/mol. The second-order valence-corrected chi connectivity index (χ2v) is 6.21. The van der Waals surface area contributed by atoms with Gasteiger partial charge in [0.15, 0.2) is 6.10 Å². The lowest BCUT2D eigenvalue weighted by Gasteiger charge is -2.22. The van der Waals surface area contributed by atoms with Crippen LogP contribution in [-0.4, -0.2) is 18.6 Å². The summed E-state index contributed by atoms with van der Waals surface area (Å²) >= 11 is 0. The Labute approximate surface area is 151 Å². The van der Waals surface area contributed by atoms with E-state index in [9.17, 15) is 13.6 Å². The minimum absolute atomic E-state index is 0.131. The predicted octanol–water partition coefficient (Wildman–Crippen LogP) is 3.60. The third-order valence-corrected chi connectivity index (χ3v) is 3.76. The molecule has 2 aromatic rings. The summed E-state index contributed by atoms with van der Waals surface area (Å²) in [5, 5.41) is 11.8. The summed E-state index contributed by atoms with van der Waals surface area (Å²) in [4.78, 5) is 12.4. The van der Waals surface area contributed by atoms with E-state index in [0.717, 1.165) is 6.07 Å². The number of nitrogens with zero attached hydrogens (tertiary/aromatic N) is 1. The maximum Gasteiger partial charge on any atom is 0.261 e. The third-order valence-electron chi connectivity index (χ3n) is 3.76. The molecule has 26 heavy (non-hydrogen) atoms. The van der Waals surface area contributed by atoms with E-state index in [1.807, 2.05) is 19.9 Å². The first-order valence-electron chi connectivity index (χ1n) is 8.29. The standard InChI is InChI=1S/C20H20F2N2O2/c1-13(2)19(26-18-6-4-3-5-15(18)12-23)20(25)24-8-7-14-9-16(21)11-17(22)10-14/h3-6,9-11,13,19H,7-8H2,1-2H3,(H,24,25). The monoisotopic (exact) mass is 358 g/mol. The number of carbonyl (C=O) groups is 1. The van der Waals surface area contributed by atoms with Crippen LogP contribution in [0.5, 0.6) is 5.75 Å². The van der Waals surface area contributed by atoms with Gasteiger partial charge in [0.2, 0.25) is 0 Å². The van der Waals surface area contributed by atoms with E-state index >= 15 is 0 Å². The highest BCUT2D eigenvalue weighted by Crippen LogP contribution is 2.20. The molecule has 0 aliphatic rings. The lowest BCUT2D eigenvalue weighted by atomic mass is 10.1. The average molecular weight is 358 g/mol. The van der Waals surface area contributed by atoms with Crippen LogP contribution in [0.25, 0.3) is 0 Å². The number of nitrogens with one attached hydrogen (secondary N) is 1. The minimum Gasteiger partial charge on any atom is -0.479 e. The Balaban J connectivity index is 1.99. The van der Waals surface area contributed by atoms with Gasteiger partial charge in [-0.2, -0.15) is 5.26 Å². The van der Waals surface area contributed by atoms with Crippen molar-refractivity contribution in [1.82, 2.24) is 5.32 Å². The second-order valence-electron chi connectivity index (χ2n) is 6.21. The van der Waals surface area contributed by atoms with Gasteiger partial charge in [-0.25, -0.2) is 8.78 Å². The number of para-hydroxylation sites is 1. The Morgan fingerprint density at radius 3 is 2.46 bits per heavy atom. The Hall–Kier alpha value is -2.94. The summed E-state index contributed by atoms with van der Waals surface area (Å²) < 4.78 is 32.1. The molecule has 2 rings (SSSR count). The highest BCUT2D eigenvalue weighted by atomic mass is 19.1. The number of benzene rings is 2. The smallest absolute Gasteiger partial charge is 0.261 e. The van der Waals surface area contributed by atoms with Crippen LogP contribution in [0.1, 0.15) is 25.0 Å². The quantitative estimate of drug-likeness (QED) is 0.823. The molecule has 2 aromatic carbocycles. The van der Waals surface area contributed by atoms with Gasteiger partial charge in [-0.3, -0.25) is 4.79 Å². The molecule has 0 spiro atoms.